The second-order valence-electron chi connectivity index (χ2n) is 4.22. The molecule has 0 aliphatic carbocycles. The van der Waals surface area contributed by atoms with Gasteiger partial charge in [-0.25, -0.2) is 0 Å². The van der Waals surface area contributed by atoms with E-state index in [1.807, 2.05) is 31.2 Å². The van der Waals surface area contributed by atoms with E-state index in [-0.39, 0.29) is 17.9 Å². The zero-order valence-electron chi connectivity index (χ0n) is 11.5. The lowest BCUT2D eigenvalue weighted by atomic mass is 10.1. The number of halogens is 1. The highest BCUT2D eigenvalue weighted by atomic mass is 79.9. The molecule has 0 aliphatic heterocycles. The molecule has 0 unspecified atom stereocenters. The van der Waals surface area contributed by atoms with Gasteiger partial charge in [-0.2, -0.15) is 11.8 Å². The van der Waals surface area contributed by atoms with Crippen LogP contribution in [0, 0.1) is 0 Å². The molecular formula is C14H18BrNO3S. The van der Waals surface area contributed by atoms with Crippen molar-refractivity contribution in [3.63, 3.8) is 0 Å². The van der Waals surface area contributed by atoms with E-state index in [4.69, 9.17) is 0 Å². The van der Waals surface area contributed by atoms with Gasteiger partial charge in [0, 0.05) is 10.2 Å². The van der Waals surface area contributed by atoms with Gasteiger partial charge in [0.05, 0.1) is 25.3 Å². The Kier molecular flexibility index (Phi) is 7.69. The van der Waals surface area contributed by atoms with E-state index in [1.165, 1.54) is 18.9 Å². The largest absolute Gasteiger partial charge is 0.469 e. The Morgan fingerprint density at radius 2 is 2.00 bits per heavy atom. The minimum absolute atomic E-state index is 0.0307. The molecular weight excluding hydrogens is 342 g/mol. The second kappa shape index (κ2) is 9.02. The van der Waals surface area contributed by atoms with Gasteiger partial charge in [-0.3, -0.25) is 9.59 Å². The maximum Gasteiger partial charge on any atom is 0.306 e. The number of hydrogen-bond acceptors (Lipinski definition) is 4. The number of amides is 1. The molecule has 0 saturated heterocycles. The molecule has 1 aromatic carbocycles. The molecule has 1 N–H and O–H groups in total. The van der Waals surface area contributed by atoms with E-state index in [0.29, 0.717) is 17.9 Å². The number of thioether (sulfide) groups is 1. The number of rotatable bonds is 7. The van der Waals surface area contributed by atoms with Crippen LogP contribution in [0.15, 0.2) is 28.7 Å². The molecule has 110 valence electrons. The molecule has 0 bridgehead atoms. The first kappa shape index (κ1) is 17.0. The van der Waals surface area contributed by atoms with E-state index >= 15 is 0 Å². The highest BCUT2D eigenvalue weighted by Gasteiger charge is 2.09. The molecule has 4 nitrogen and oxygen atoms in total. The molecule has 0 fully saturated rings. The van der Waals surface area contributed by atoms with Crippen molar-refractivity contribution < 1.29 is 14.3 Å². The van der Waals surface area contributed by atoms with Crippen LogP contribution in [-0.4, -0.2) is 30.5 Å². The van der Waals surface area contributed by atoms with Crippen LogP contribution in [0.25, 0.3) is 0 Å². The van der Waals surface area contributed by atoms with Crippen molar-refractivity contribution >= 4 is 39.6 Å². The third-order valence-electron chi connectivity index (χ3n) is 2.66. The zero-order chi connectivity index (χ0) is 15.0. The normalized spacial score (nSPS) is 11.8. The van der Waals surface area contributed by atoms with Crippen molar-refractivity contribution in [3.8, 4) is 0 Å². The summed E-state index contributed by atoms with van der Waals surface area (Å²) in [4.78, 5) is 22.7. The van der Waals surface area contributed by atoms with Gasteiger partial charge in [0.2, 0.25) is 5.91 Å². The number of methoxy groups -OCH3 is 1. The number of carbonyl (C=O) groups excluding carboxylic acids is 2. The summed E-state index contributed by atoms with van der Waals surface area (Å²) in [5.74, 6) is 0.654. The number of ether oxygens (including phenoxy) is 1. The third kappa shape index (κ3) is 6.43. The molecule has 0 saturated carbocycles. The van der Waals surface area contributed by atoms with E-state index in [1.54, 1.807) is 0 Å². The number of nitrogens with one attached hydrogen (secondary N) is 1. The van der Waals surface area contributed by atoms with Crippen LogP contribution in [0.3, 0.4) is 0 Å². The van der Waals surface area contributed by atoms with E-state index in [0.717, 1.165) is 10.0 Å². The Labute approximate surface area is 131 Å². The summed E-state index contributed by atoms with van der Waals surface area (Å²) in [6, 6.07) is 7.81. The van der Waals surface area contributed by atoms with Crippen LogP contribution in [0.1, 0.15) is 24.9 Å². The van der Waals surface area contributed by atoms with Crippen molar-refractivity contribution in [1.29, 1.82) is 0 Å². The van der Waals surface area contributed by atoms with Crippen molar-refractivity contribution in [2.45, 2.75) is 19.4 Å². The molecule has 0 aliphatic rings. The van der Waals surface area contributed by atoms with Crippen LogP contribution in [0.4, 0.5) is 0 Å². The quantitative estimate of drug-likeness (QED) is 0.600. The number of esters is 1. The minimum atomic E-state index is -0.249. The molecule has 0 radical (unpaired) electrons. The molecule has 0 heterocycles. The minimum Gasteiger partial charge on any atom is -0.469 e. The smallest absolute Gasteiger partial charge is 0.306 e. The summed E-state index contributed by atoms with van der Waals surface area (Å²) in [5, 5.41) is 2.93. The predicted octanol–water partition coefficient (Wildman–Crippen LogP) is 2.92. The van der Waals surface area contributed by atoms with E-state index in [9.17, 15) is 9.59 Å². The van der Waals surface area contributed by atoms with Crippen LogP contribution >= 0.6 is 27.7 Å². The monoisotopic (exact) mass is 359 g/mol. The van der Waals surface area contributed by atoms with Crippen molar-refractivity contribution in [2.24, 2.45) is 0 Å². The number of hydrogen-bond donors (Lipinski definition) is 1. The third-order valence-corrected chi connectivity index (χ3v) is 4.15. The molecule has 1 rings (SSSR count). The first-order valence-corrected chi connectivity index (χ1v) is 8.17. The fourth-order valence-electron chi connectivity index (χ4n) is 1.54. The van der Waals surface area contributed by atoms with Gasteiger partial charge in [0.25, 0.3) is 0 Å². The Hall–Kier alpha value is -1.01. The van der Waals surface area contributed by atoms with Crippen molar-refractivity contribution in [1.82, 2.24) is 5.32 Å². The van der Waals surface area contributed by atoms with Gasteiger partial charge in [0.15, 0.2) is 0 Å². The van der Waals surface area contributed by atoms with E-state index in [2.05, 4.69) is 26.0 Å². The molecule has 20 heavy (non-hydrogen) atoms. The Morgan fingerprint density at radius 1 is 1.35 bits per heavy atom. The van der Waals surface area contributed by atoms with Crippen LogP contribution in [0.5, 0.6) is 0 Å². The van der Waals surface area contributed by atoms with Crippen molar-refractivity contribution in [2.75, 3.05) is 18.6 Å². The molecule has 6 heteroatoms. The Morgan fingerprint density at radius 3 is 2.60 bits per heavy atom. The molecule has 1 aromatic rings. The highest BCUT2D eigenvalue weighted by molar-refractivity contribution is 9.10. The maximum atomic E-state index is 11.8. The number of carbonyl (C=O) groups is 2. The van der Waals surface area contributed by atoms with Gasteiger partial charge in [-0.05, 0) is 24.6 Å². The van der Waals surface area contributed by atoms with Gasteiger partial charge < -0.3 is 10.1 Å². The topological polar surface area (TPSA) is 55.4 Å². The molecule has 0 spiro atoms. The average Bonchev–Trinajstić information content (AvgIpc) is 2.43. The van der Waals surface area contributed by atoms with Gasteiger partial charge in [0.1, 0.15) is 0 Å². The van der Waals surface area contributed by atoms with Crippen LogP contribution in [-0.2, 0) is 14.3 Å². The lowest BCUT2D eigenvalue weighted by molar-refractivity contribution is -0.140. The summed E-state index contributed by atoms with van der Waals surface area (Å²) >= 11 is 4.80. The van der Waals surface area contributed by atoms with Crippen LogP contribution < -0.4 is 5.32 Å². The standard InChI is InChI=1S/C14H18BrNO3S/c1-10(11-3-5-12(15)6-4-11)16-13(17)9-20-8-7-14(18)19-2/h3-6,10H,7-9H2,1-2H3,(H,16,17)/t10-/m1/s1. The van der Waals surface area contributed by atoms with Gasteiger partial charge in [-0.15, -0.1) is 0 Å². The van der Waals surface area contributed by atoms with E-state index < -0.39 is 0 Å². The number of benzene rings is 1. The van der Waals surface area contributed by atoms with Crippen molar-refractivity contribution in [3.05, 3.63) is 34.3 Å². The summed E-state index contributed by atoms with van der Waals surface area (Å²) < 4.78 is 5.54. The molecule has 1 amide bonds. The van der Waals surface area contributed by atoms with Gasteiger partial charge >= 0.3 is 5.97 Å². The Bertz CT molecular complexity index is 450. The summed E-state index contributed by atoms with van der Waals surface area (Å²) in [6.45, 7) is 1.94. The SMILES string of the molecule is COC(=O)CCSCC(=O)N[C@H](C)c1ccc(Br)cc1. The second-order valence-corrected chi connectivity index (χ2v) is 6.24. The highest BCUT2D eigenvalue weighted by Crippen LogP contribution is 2.16. The summed E-state index contributed by atoms with van der Waals surface area (Å²) in [5.41, 5.74) is 1.06. The fraction of sp³-hybridized carbons (Fsp3) is 0.429. The lowest BCUT2D eigenvalue weighted by Gasteiger charge is -2.14. The summed E-state index contributed by atoms with van der Waals surface area (Å²) in [6.07, 6.45) is 0.330. The lowest BCUT2D eigenvalue weighted by Crippen LogP contribution is -2.28. The Balaban J connectivity index is 2.28. The van der Waals surface area contributed by atoms with Crippen LogP contribution in [0.2, 0.25) is 0 Å². The fourth-order valence-corrected chi connectivity index (χ4v) is 2.53. The predicted molar refractivity (Wildman–Crippen MR) is 84.7 cm³/mol. The first-order valence-electron chi connectivity index (χ1n) is 6.22. The molecule has 0 aromatic heterocycles. The average molecular weight is 360 g/mol. The first-order chi connectivity index (χ1) is 9.52. The molecule has 1 atom stereocenters. The maximum absolute atomic E-state index is 11.8. The van der Waals surface area contributed by atoms with Gasteiger partial charge in [-0.1, -0.05) is 28.1 Å². The zero-order valence-corrected chi connectivity index (χ0v) is 13.9. The summed E-state index contributed by atoms with van der Waals surface area (Å²) in [7, 11) is 1.36.